The van der Waals surface area contributed by atoms with Crippen LogP contribution in [0.1, 0.15) is 101 Å². The van der Waals surface area contributed by atoms with Gasteiger partial charge in [-0.3, -0.25) is 0 Å². The number of halogens is 1. The SMILES string of the molecule is CC(C)c1cccc(C(C)C)c1-c1cccc(-c2c(C(C)C)cccc2C(C)C)[c]1[Sn][Cl]. The van der Waals surface area contributed by atoms with Gasteiger partial charge in [-0.15, -0.1) is 0 Å². The van der Waals surface area contributed by atoms with Crippen molar-refractivity contribution in [1.29, 1.82) is 0 Å². The zero-order chi connectivity index (χ0) is 23.6. The van der Waals surface area contributed by atoms with Crippen LogP contribution in [0.5, 0.6) is 0 Å². The van der Waals surface area contributed by atoms with Crippen molar-refractivity contribution in [3.05, 3.63) is 76.9 Å². The monoisotopic (exact) mass is 552 g/mol. The van der Waals surface area contributed by atoms with E-state index in [1.165, 1.54) is 48.1 Å². The zero-order valence-electron chi connectivity index (χ0n) is 20.9. The van der Waals surface area contributed by atoms with E-state index in [2.05, 4.69) is 110 Å². The maximum absolute atomic E-state index is 6.93. The Balaban J connectivity index is 2.43. The summed E-state index contributed by atoms with van der Waals surface area (Å²) < 4.78 is 1.42. The third kappa shape index (κ3) is 4.97. The Morgan fingerprint density at radius 3 is 1.03 bits per heavy atom. The molecule has 2 heteroatoms. The van der Waals surface area contributed by atoms with Crippen molar-refractivity contribution in [3.8, 4) is 22.3 Å². The predicted octanol–water partition coefficient (Wildman–Crippen LogP) is 9.00. The first-order valence-corrected chi connectivity index (χ1v) is 17.0. The van der Waals surface area contributed by atoms with E-state index in [0.717, 1.165) is 0 Å². The average Bonchev–Trinajstić information content (AvgIpc) is 2.77. The van der Waals surface area contributed by atoms with Crippen molar-refractivity contribution >= 4 is 32.5 Å². The van der Waals surface area contributed by atoms with E-state index in [1.54, 1.807) is 0 Å². The summed E-state index contributed by atoms with van der Waals surface area (Å²) in [5.41, 5.74) is 11.3. The van der Waals surface area contributed by atoms with Crippen molar-refractivity contribution in [1.82, 2.24) is 0 Å². The molecular weight excluding hydrogens is 514 g/mol. The molecule has 0 nitrogen and oxygen atoms in total. The summed E-state index contributed by atoms with van der Waals surface area (Å²) in [6.07, 6.45) is 0. The number of hydrogen-bond acceptors (Lipinski definition) is 0. The molecule has 0 amide bonds. The van der Waals surface area contributed by atoms with Crippen LogP contribution in [0, 0.1) is 0 Å². The first-order chi connectivity index (χ1) is 15.2. The Hall–Kier alpha value is -1.25. The van der Waals surface area contributed by atoms with Gasteiger partial charge in [0.2, 0.25) is 0 Å². The van der Waals surface area contributed by atoms with E-state index in [1.807, 2.05) is 0 Å². The number of rotatable bonds is 7. The van der Waals surface area contributed by atoms with Crippen LogP contribution >= 0.6 is 8.92 Å². The fourth-order valence-electron chi connectivity index (χ4n) is 4.79. The van der Waals surface area contributed by atoms with E-state index < -0.39 is 20.0 Å². The minimum atomic E-state index is -1.27. The second kappa shape index (κ2) is 10.8. The zero-order valence-corrected chi connectivity index (χ0v) is 24.5. The molecule has 168 valence electrons. The van der Waals surface area contributed by atoms with Gasteiger partial charge < -0.3 is 0 Å². The topological polar surface area (TPSA) is 0 Å². The van der Waals surface area contributed by atoms with Crippen LogP contribution in [0.4, 0.5) is 0 Å². The Morgan fingerprint density at radius 1 is 0.500 bits per heavy atom. The standard InChI is InChI=1S/C30H37.ClH.Sn/c1-19(2)25-14-10-15-26(20(3)4)29(25)23-12-9-13-24(18-23)30-27(21(5)6)16-11-17-28(30)22(7)8;;/h9-17,19-22H,1-8H3;1H;/q;;+1/p-1. The second-order valence-corrected chi connectivity index (χ2v) is 13.3. The van der Waals surface area contributed by atoms with Crippen LogP contribution in [0.25, 0.3) is 22.3 Å². The van der Waals surface area contributed by atoms with Crippen molar-refractivity contribution < 1.29 is 0 Å². The van der Waals surface area contributed by atoms with Crippen LogP contribution in [-0.4, -0.2) is 20.0 Å². The minimum absolute atomic E-state index is 0.468. The van der Waals surface area contributed by atoms with Gasteiger partial charge in [0, 0.05) is 0 Å². The van der Waals surface area contributed by atoms with Gasteiger partial charge in [0.15, 0.2) is 0 Å². The molecule has 0 spiro atoms. The molecule has 0 N–H and O–H groups in total. The molecule has 0 aliphatic heterocycles. The van der Waals surface area contributed by atoms with Crippen LogP contribution < -0.4 is 3.58 Å². The second-order valence-electron chi connectivity index (χ2n) is 10.1. The van der Waals surface area contributed by atoms with Crippen molar-refractivity contribution in [3.63, 3.8) is 0 Å². The molecule has 2 radical (unpaired) electrons. The Kier molecular flexibility index (Phi) is 8.55. The molecule has 3 aromatic carbocycles. The van der Waals surface area contributed by atoms with Crippen LogP contribution in [0.15, 0.2) is 54.6 Å². The van der Waals surface area contributed by atoms with E-state index in [9.17, 15) is 0 Å². The van der Waals surface area contributed by atoms with Gasteiger partial charge in [0.1, 0.15) is 0 Å². The third-order valence-corrected chi connectivity index (χ3v) is 9.79. The summed E-state index contributed by atoms with van der Waals surface area (Å²) in [5, 5.41) is 0. The number of benzene rings is 3. The van der Waals surface area contributed by atoms with Crippen molar-refractivity contribution in [2.45, 2.75) is 79.1 Å². The number of hydrogen-bond donors (Lipinski definition) is 0. The molecule has 0 aliphatic carbocycles. The van der Waals surface area contributed by atoms with Gasteiger partial charge in [-0.25, -0.2) is 0 Å². The van der Waals surface area contributed by atoms with Gasteiger partial charge in [-0.05, 0) is 0 Å². The van der Waals surface area contributed by atoms with Crippen LogP contribution in [0.2, 0.25) is 0 Å². The quantitative estimate of drug-likeness (QED) is 0.257. The van der Waals surface area contributed by atoms with Gasteiger partial charge in [-0.1, -0.05) is 0 Å². The Labute approximate surface area is 209 Å². The summed E-state index contributed by atoms with van der Waals surface area (Å²) in [6, 6.07) is 20.6. The van der Waals surface area contributed by atoms with E-state index in [0.29, 0.717) is 23.7 Å². The molecular formula is C30H37ClSn. The van der Waals surface area contributed by atoms with Crippen LogP contribution in [0.3, 0.4) is 0 Å². The molecule has 0 aromatic heterocycles. The molecule has 0 atom stereocenters. The molecule has 0 saturated carbocycles. The summed E-state index contributed by atoms with van der Waals surface area (Å²) in [5.74, 6) is 1.87. The normalized spacial score (nSPS) is 11.9. The first-order valence-electron chi connectivity index (χ1n) is 11.9. The molecule has 3 aromatic rings. The summed E-state index contributed by atoms with van der Waals surface area (Å²) >= 11 is -1.27. The summed E-state index contributed by atoms with van der Waals surface area (Å²) in [4.78, 5) is 0. The van der Waals surface area contributed by atoms with Gasteiger partial charge in [0.25, 0.3) is 0 Å². The van der Waals surface area contributed by atoms with Crippen LogP contribution in [-0.2, 0) is 0 Å². The Bertz CT molecular complexity index is 942. The van der Waals surface area contributed by atoms with Crippen molar-refractivity contribution in [2.24, 2.45) is 0 Å². The predicted molar refractivity (Wildman–Crippen MR) is 145 cm³/mol. The summed E-state index contributed by atoms with van der Waals surface area (Å²) in [7, 11) is 6.93. The van der Waals surface area contributed by atoms with Crippen molar-refractivity contribution in [2.75, 3.05) is 0 Å². The fraction of sp³-hybridized carbons (Fsp3) is 0.400. The third-order valence-electron chi connectivity index (χ3n) is 6.44. The Morgan fingerprint density at radius 2 is 0.781 bits per heavy atom. The molecule has 0 bridgehead atoms. The maximum atomic E-state index is 6.93. The first kappa shape index (κ1) is 25.4. The van der Waals surface area contributed by atoms with Gasteiger partial charge >= 0.3 is 211 Å². The molecule has 0 unspecified atom stereocenters. The average molecular weight is 552 g/mol. The molecule has 0 saturated heterocycles. The van der Waals surface area contributed by atoms with E-state index >= 15 is 0 Å². The van der Waals surface area contributed by atoms with Gasteiger partial charge in [-0.2, -0.15) is 0 Å². The van der Waals surface area contributed by atoms with Gasteiger partial charge in [0.05, 0.1) is 0 Å². The molecule has 32 heavy (non-hydrogen) atoms. The van der Waals surface area contributed by atoms with E-state index in [4.69, 9.17) is 8.92 Å². The molecule has 0 heterocycles. The van der Waals surface area contributed by atoms with E-state index in [-0.39, 0.29) is 0 Å². The fourth-order valence-corrected chi connectivity index (χ4v) is 7.93. The molecule has 3 rings (SSSR count). The molecule has 0 fully saturated rings. The summed E-state index contributed by atoms with van der Waals surface area (Å²) in [6.45, 7) is 18.4. The molecule has 0 aliphatic rings.